The van der Waals surface area contributed by atoms with Crippen LogP contribution in [0.15, 0.2) is 17.2 Å². The molecule has 88 valence electrons. The molecule has 1 atom stereocenters. The number of anilines is 1. The van der Waals surface area contributed by atoms with E-state index in [0.717, 1.165) is 19.5 Å². The van der Waals surface area contributed by atoms with Gasteiger partial charge in [0.15, 0.2) is 5.82 Å². The van der Waals surface area contributed by atoms with E-state index in [1.807, 2.05) is 11.8 Å². The fourth-order valence-corrected chi connectivity index (χ4v) is 2.08. The second-order valence-electron chi connectivity index (χ2n) is 4.13. The first-order valence-electron chi connectivity index (χ1n) is 5.67. The van der Waals surface area contributed by atoms with Gasteiger partial charge in [-0.1, -0.05) is 0 Å². The number of aryl methyl sites for hydroxylation is 1. The molecule has 1 fully saturated rings. The Balaban J connectivity index is 2.25. The standard InChI is InChI=1S/C11H17N3O2/c1-2-13-6-4-12-10(11(13)16)14-5-3-9(7-14)8-15/h4,6,9,15H,2-3,5,7-8H2,1H3. The summed E-state index contributed by atoms with van der Waals surface area (Å²) in [7, 11) is 0. The molecule has 2 heterocycles. The molecule has 5 nitrogen and oxygen atoms in total. The number of hydrogen-bond donors (Lipinski definition) is 1. The van der Waals surface area contributed by atoms with Crippen LogP contribution >= 0.6 is 0 Å². The molecule has 5 heteroatoms. The first kappa shape index (κ1) is 11.1. The molecule has 1 aliphatic rings. The average molecular weight is 223 g/mol. The molecule has 0 saturated carbocycles. The lowest BCUT2D eigenvalue weighted by atomic mass is 10.1. The maximum Gasteiger partial charge on any atom is 0.293 e. The van der Waals surface area contributed by atoms with Crippen LogP contribution in [0, 0.1) is 5.92 Å². The minimum Gasteiger partial charge on any atom is -0.396 e. The van der Waals surface area contributed by atoms with Gasteiger partial charge in [-0.3, -0.25) is 4.79 Å². The molecule has 0 spiro atoms. The zero-order valence-electron chi connectivity index (χ0n) is 9.46. The molecule has 1 aliphatic heterocycles. The Morgan fingerprint density at radius 2 is 2.44 bits per heavy atom. The van der Waals surface area contributed by atoms with Gasteiger partial charge in [0, 0.05) is 44.6 Å². The predicted octanol–water partition coefficient (Wildman–Crippen LogP) is 0.0818. The molecule has 1 unspecified atom stereocenters. The van der Waals surface area contributed by atoms with Crippen LogP contribution in [0.2, 0.25) is 0 Å². The molecule has 0 bridgehead atoms. The lowest BCUT2D eigenvalue weighted by Gasteiger charge is -2.16. The Bertz CT molecular complexity index is 416. The number of aliphatic hydroxyl groups excluding tert-OH is 1. The topological polar surface area (TPSA) is 58.4 Å². The molecule has 1 N–H and O–H groups in total. The van der Waals surface area contributed by atoms with E-state index in [1.165, 1.54) is 0 Å². The van der Waals surface area contributed by atoms with Gasteiger partial charge in [-0.05, 0) is 13.3 Å². The summed E-state index contributed by atoms with van der Waals surface area (Å²) in [4.78, 5) is 18.1. The Hall–Kier alpha value is -1.36. The second-order valence-corrected chi connectivity index (χ2v) is 4.13. The molecule has 1 aromatic heterocycles. The van der Waals surface area contributed by atoms with Gasteiger partial charge >= 0.3 is 0 Å². The zero-order chi connectivity index (χ0) is 11.5. The summed E-state index contributed by atoms with van der Waals surface area (Å²) in [5.41, 5.74) is -0.0383. The highest BCUT2D eigenvalue weighted by Gasteiger charge is 2.24. The number of nitrogens with zero attached hydrogens (tertiary/aromatic N) is 3. The number of hydrogen-bond acceptors (Lipinski definition) is 4. The van der Waals surface area contributed by atoms with E-state index in [-0.39, 0.29) is 18.1 Å². The smallest absolute Gasteiger partial charge is 0.293 e. The molecule has 0 aromatic carbocycles. The highest BCUT2D eigenvalue weighted by Crippen LogP contribution is 2.18. The first-order valence-corrected chi connectivity index (χ1v) is 5.67. The summed E-state index contributed by atoms with van der Waals surface area (Å²) in [6.45, 7) is 4.32. The van der Waals surface area contributed by atoms with Crippen molar-refractivity contribution in [3.63, 3.8) is 0 Å². The molecule has 1 aromatic rings. The summed E-state index contributed by atoms with van der Waals surface area (Å²) in [6.07, 6.45) is 4.29. The van der Waals surface area contributed by atoms with Crippen LogP contribution in [0.25, 0.3) is 0 Å². The molecular weight excluding hydrogens is 206 g/mol. The van der Waals surface area contributed by atoms with Crippen molar-refractivity contribution < 1.29 is 5.11 Å². The van der Waals surface area contributed by atoms with Gasteiger partial charge in [-0.15, -0.1) is 0 Å². The second kappa shape index (κ2) is 4.65. The summed E-state index contributed by atoms with van der Waals surface area (Å²) >= 11 is 0. The lowest BCUT2D eigenvalue weighted by molar-refractivity contribution is 0.238. The van der Waals surface area contributed by atoms with Crippen LogP contribution in [0.4, 0.5) is 5.82 Å². The Kier molecular flexibility index (Phi) is 3.24. The van der Waals surface area contributed by atoms with Crippen molar-refractivity contribution in [2.75, 3.05) is 24.6 Å². The number of rotatable bonds is 3. The first-order chi connectivity index (χ1) is 7.76. The van der Waals surface area contributed by atoms with Crippen LogP contribution in [-0.2, 0) is 6.54 Å². The van der Waals surface area contributed by atoms with Gasteiger partial charge < -0.3 is 14.6 Å². The van der Waals surface area contributed by atoms with Gasteiger partial charge in [-0.25, -0.2) is 4.98 Å². The lowest BCUT2D eigenvalue weighted by Crippen LogP contribution is -2.31. The molecular formula is C11H17N3O2. The van der Waals surface area contributed by atoms with Crippen molar-refractivity contribution in [2.24, 2.45) is 5.92 Å². The van der Waals surface area contributed by atoms with E-state index in [1.54, 1.807) is 17.0 Å². The van der Waals surface area contributed by atoms with Crippen LogP contribution in [-0.4, -0.2) is 34.4 Å². The summed E-state index contributed by atoms with van der Waals surface area (Å²) in [5.74, 6) is 0.789. The summed E-state index contributed by atoms with van der Waals surface area (Å²) < 4.78 is 1.65. The van der Waals surface area contributed by atoms with Crippen molar-refractivity contribution in [1.29, 1.82) is 0 Å². The summed E-state index contributed by atoms with van der Waals surface area (Å²) in [5, 5.41) is 9.07. The van der Waals surface area contributed by atoms with E-state index in [0.29, 0.717) is 12.4 Å². The SMILES string of the molecule is CCn1ccnc(N2CCC(CO)C2)c1=O. The van der Waals surface area contributed by atoms with E-state index in [4.69, 9.17) is 5.11 Å². The van der Waals surface area contributed by atoms with Crippen molar-refractivity contribution in [3.05, 3.63) is 22.7 Å². The largest absolute Gasteiger partial charge is 0.396 e. The quantitative estimate of drug-likeness (QED) is 0.788. The number of aliphatic hydroxyl groups is 1. The van der Waals surface area contributed by atoms with Gasteiger partial charge in [0.05, 0.1) is 0 Å². The van der Waals surface area contributed by atoms with E-state index in [2.05, 4.69) is 4.98 Å². The molecule has 0 amide bonds. The minimum absolute atomic E-state index is 0.0383. The van der Waals surface area contributed by atoms with Crippen molar-refractivity contribution >= 4 is 5.82 Å². The van der Waals surface area contributed by atoms with Crippen molar-refractivity contribution in [2.45, 2.75) is 19.9 Å². The van der Waals surface area contributed by atoms with E-state index in [9.17, 15) is 4.79 Å². The predicted molar refractivity (Wildman–Crippen MR) is 61.6 cm³/mol. The fraction of sp³-hybridized carbons (Fsp3) is 0.636. The fourth-order valence-electron chi connectivity index (χ4n) is 2.08. The number of aromatic nitrogens is 2. The maximum absolute atomic E-state index is 12.0. The maximum atomic E-state index is 12.0. The highest BCUT2D eigenvalue weighted by atomic mass is 16.3. The van der Waals surface area contributed by atoms with E-state index < -0.39 is 0 Å². The van der Waals surface area contributed by atoms with Crippen molar-refractivity contribution in [1.82, 2.24) is 9.55 Å². The van der Waals surface area contributed by atoms with Crippen molar-refractivity contribution in [3.8, 4) is 0 Å². The average Bonchev–Trinajstić information content (AvgIpc) is 2.78. The molecule has 1 saturated heterocycles. The third-order valence-electron chi connectivity index (χ3n) is 3.08. The third kappa shape index (κ3) is 1.95. The Labute approximate surface area is 94.3 Å². The van der Waals surface area contributed by atoms with Crippen LogP contribution in [0.5, 0.6) is 0 Å². The minimum atomic E-state index is -0.0383. The molecule has 0 radical (unpaired) electrons. The van der Waals surface area contributed by atoms with Crippen LogP contribution in [0.1, 0.15) is 13.3 Å². The third-order valence-corrected chi connectivity index (χ3v) is 3.08. The van der Waals surface area contributed by atoms with Gasteiger partial charge in [0.25, 0.3) is 5.56 Å². The van der Waals surface area contributed by atoms with E-state index >= 15 is 0 Å². The van der Waals surface area contributed by atoms with Crippen LogP contribution in [0.3, 0.4) is 0 Å². The van der Waals surface area contributed by atoms with Gasteiger partial charge in [0.1, 0.15) is 0 Å². The highest BCUT2D eigenvalue weighted by molar-refractivity contribution is 5.37. The molecule has 16 heavy (non-hydrogen) atoms. The molecule has 0 aliphatic carbocycles. The summed E-state index contributed by atoms with van der Waals surface area (Å²) in [6, 6.07) is 0. The zero-order valence-corrected chi connectivity index (χ0v) is 9.46. The monoisotopic (exact) mass is 223 g/mol. The van der Waals surface area contributed by atoms with Gasteiger partial charge in [0.2, 0.25) is 0 Å². The normalized spacial score (nSPS) is 20.4. The Morgan fingerprint density at radius 1 is 1.62 bits per heavy atom. The van der Waals surface area contributed by atoms with Gasteiger partial charge in [-0.2, -0.15) is 0 Å². The van der Waals surface area contributed by atoms with Crippen LogP contribution < -0.4 is 10.5 Å². The Morgan fingerprint density at radius 3 is 3.06 bits per heavy atom. The molecule has 2 rings (SSSR count).